The molecule has 1 amide bonds. The molecule has 4 aromatic rings. The summed E-state index contributed by atoms with van der Waals surface area (Å²) in [5.74, 6) is -0.107. The number of carbonyl (C=O) groups is 1. The number of aryl methyl sites for hydroxylation is 1. The highest BCUT2D eigenvalue weighted by molar-refractivity contribution is 6.10. The lowest BCUT2D eigenvalue weighted by Gasteiger charge is -2.26. The van der Waals surface area contributed by atoms with Gasteiger partial charge in [-0.05, 0) is 65.2 Å². The van der Waals surface area contributed by atoms with Gasteiger partial charge in [0.05, 0.1) is 13.2 Å². The molecule has 0 bridgehead atoms. The molecule has 1 fully saturated rings. The normalized spacial score (nSPS) is 14.0. The van der Waals surface area contributed by atoms with Crippen LogP contribution in [0.3, 0.4) is 0 Å². The van der Waals surface area contributed by atoms with Gasteiger partial charge >= 0.3 is 0 Å². The fourth-order valence-electron chi connectivity index (χ4n) is 4.85. The first-order valence-corrected chi connectivity index (χ1v) is 12.7. The molecular weight excluding hydrogens is 444 g/mol. The van der Waals surface area contributed by atoms with Crippen molar-refractivity contribution in [2.45, 2.75) is 12.8 Å². The summed E-state index contributed by atoms with van der Waals surface area (Å²) in [6, 6.07) is 28.5. The van der Waals surface area contributed by atoms with Crippen molar-refractivity contribution >= 4 is 28.4 Å². The number of carbonyl (C=O) groups excluding carboxylic acids is 1. The van der Waals surface area contributed by atoms with Crippen molar-refractivity contribution in [3.05, 3.63) is 108 Å². The van der Waals surface area contributed by atoms with E-state index in [1.807, 2.05) is 54.6 Å². The van der Waals surface area contributed by atoms with Crippen LogP contribution in [0.2, 0.25) is 0 Å². The second kappa shape index (κ2) is 11.3. The second-order valence-electron chi connectivity index (χ2n) is 9.24. The predicted octanol–water partition coefficient (Wildman–Crippen LogP) is 6.67. The maximum absolute atomic E-state index is 13.2. The van der Waals surface area contributed by atoms with Gasteiger partial charge in [0, 0.05) is 29.7 Å². The van der Waals surface area contributed by atoms with Crippen molar-refractivity contribution in [3.8, 4) is 11.1 Å². The van der Waals surface area contributed by atoms with Crippen LogP contribution < -0.4 is 5.32 Å². The number of ether oxygens (including phenoxy) is 1. The smallest absolute Gasteiger partial charge is 0.255 e. The van der Waals surface area contributed by atoms with E-state index in [9.17, 15) is 4.79 Å². The number of hydrogen-bond acceptors (Lipinski definition) is 3. The number of rotatable bonds is 8. The molecule has 0 saturated carbocycles. The van der Waals surface area contributed by atoms with Crippen molar-refractivity contribution < 1.29 is 9.53 Å². The van der Waals surface area contributed by atoms with Crippen LogP contribution in [0, 0.1) is 0 Å². The van der Waals surface area contributed by atoms with E-state index in [1.165, 1.54) is 10.9 Å². The number of benzene rings is 4. The van der Waals surface area contributed by atoms with Gasteiger partial charge in [-0.3, -0.25) is 9.69 Å². The molecule has 1 saturated heterocycles. The Labute approximate surface area is 213 Å². The topological polar surface area (TPSA) is 41.6 Å². The van der Waals surface area contributed by atoms with E-state index in [0.717, 1.165) is 73.5 Å². The summed E-state index contributed by atoms with van der Waals surface area (Å²) in [6.45, 7) is 8.61. The van der Waals surface area contributed by atoms with E-state index >= 15 is 0 Å². The third-order valence-corrected chi connectivity index (χ3v) is 6.89. The highest BCUT2D eigenvalue weighted by atomic mass is 16.5. The molecule has 0 unspecified atom stereocenters. The Morgan fingerprint density at radius 2 is 1.67 bits per heavy atom. The summed E-state index contributed by atoms with van der Waals surface area (Å²) >= 11 is 0. The number of amides is 1. The number of hydrogen-bond donors (Lipinski definition) is 1. The number of fused-ring (bicyclic) bond motifs is 1. The third kappa shape index (κ3) is 5.56. The van der Waals surface area contributed by atoms with Crippen LogP contribution in [0.25, 0.3) is 28.0 Å². The van der Waals surface area contributed by atoms with Crippen LogP contribution >= 0.6 is 0 Å². The van der Waals surface area contributed by atoms with Gasteiger partial charge in [0.1, 0.15) is 0 Å². The molecule has 5 rings (SSSR count). The maximum Gasteiger partial charge on any atom is 0.255 e. The first kappa shape index (κ1) is 24.0. The van der Waals surface area contributed by atoms with Gasteiger partial charge in [-0.25, -0.2) is 0 Å². The van der Waals surface area contributed by atoms with Crippen LogP contribution in [-0.4, -0.2) is 43.7 Å². The standard InChI is InChI=1S/C32H32N2O2/c1-2-24-12-14-25(15-13-24)27-7-5-8-28(23-27)32(35)33-31-17-16-26(29-10-3-4-11-30(29)31)9-6-18-34-19-21-36-22-20-34/h2-5,7-8,10-17,23H,1,6,9,18-22H2,(H,33,35). The van der Waals surface area contributed by atoms with Gasteiger partial charge < -0.3 is 10.1 Å². The molecule has 4 aromatic carbocycles. The first-order valence-electron chi connectivity index (χ1n) is 12.7. The molecule has 182 valence electrons. The maximum atomic E-state index is 13.2. The molecule has 0 aliphatic carbocycles. The fourth-order valence-corrected chi connectivity index (χ4v) is 4.85. The summed E-state index contributed by atoms with van der Waals surface area (Å²) in [7, 11) is 0. The lowest BCUT2D eigenvalue weighted by atomic mass is 9.98. The van der Waals surface area contributed by atoms with Crippen LogP contribution in [0.1, 0.15) is 27.9 Å². The molecule has 1 heterocycles. The molecule has 1 aliphatic heterocycles. The SMILES string of the molecule is C=Cc1ccc(-c2cccc(C(=O)Nc3ccc(CCCN4CCOCC4)c4ccccc34)c2)cc1. The van der Waals surface area contributed by atoms with E-state index in [4.69, 9.17) is 4.74 Å². The zero-order chi connectivity index (χ0) is 24.7. The van der Waals surface area contributed by atoms with Crippen molar-refractivity contribution in [2.24, 2.45) is 0 Å². The van der Waals surface area contributed by atoms with E-state index in [1.54, 1.807) is 0 Å². The molecule has 4 nitrogen and oxygen atoms in total. The minimum absolute atomic E-state index is 0.107. The molecular formula is C32H32N2O2. The molecule has 4 heteroatoms. The zero-order valence-corrected chi connectivity index (χ0v) is 20.6. The average molecular weight is 477 g/mol. The highest BCUT2D eigenvalue weighted by Gasteiger charge is 2.13. The highest BCUT2D eigenvalue weighted by Crippen LogP contribution is 2.29. The number of morpholine rings is 1. The minimum atomic E-state index is -0.107. The molecule has 36 heavy (non-hydrogen) atoms. The monoisotopic (exact) mass is 476 g/mol. The lowest BCUT2D eigenvalue weighted by molar-refractivity contribution is 0.0375. The second-order valence-corrected chi connectivity index (χ2v) is 9.24. The van der Waals surface area contributed by atoms with Gasteiger partial charge in [0.15, 0.2) is 0 Å². The van der Waals surface area contributed by atoms with Crippen LogP contribution in [-0.2, 0) is 11.2 Å². The summed E-state index contributed by atoms with van der Waals surface area (Å²) in [6.07, 6.45) is 3.95. The minimum Gasteiger partial charge on any atom is -0.379 e. The van der Waals surface area contributed by atoms with Gasteiger partial charge in [0.2, 0.25) is 0 Å². The summed E-state index contributed by atoms with van der Waals surface area (Å²) in [4.78, 5) is 15.7. The summed E-state index contributed by atoms with van der Waals surface area (Å²) in [5.41, 5.74) is 5.96. The van der Waals surface area contributed by atoms with E-state index in [0.29, 0.717) is 5.56 Å². The largest absolute Gasteiger partial charge is 0.379 e. The Morgan fingerprint density at radius 3 is 2.44 bits per heavy atom. The molecule has 0 radical (unpaired) electrons. The molecule has 0 aromatic heterocycles. The molecule has 0 atom stereocenters. The molecule has 1 N–H and O–H groups in total. The summed E-state index contributed by atoms with van der Waals surface area (Å²) < 4.78 is 5.46. The Balaban J connectivity index is 1.32. The van der Waals surface area contributed by atoms with E-state index in [2.05, 4.69) is 53.2 Å². The van der Waals surface area contributed by atoms with Crippen molar-refractivity contribution in [1.82, 2.24) is 4.90 Å². The predicted molar refractivity (Wildman–Crippen MR) is 149 cm³/mol. The number of nitrogens with one attached hydrogen (secondary N) is 1. The first-order chi connectivity index (χ1) is 17.7. The Kier molecular flexibility index (Phi) is 7.55. The van der Waals surface area contributed by atoms with Crippen molar-refractivity contribution in [1.29, 1.82) is 0 Å². The lowest BCUT2D eigenvalue weighted by Crippen LogP contribution is -2.36. The van der Waals surface area contributed by atoms with E-state index < -0.39 is 0 Å². The van der Waals surface area contributed by atoms with Gasteiger partial charge in [0.25, 0.3) is 5.91 Å². The fraction of sp³-hybridized carbons (Fsp3) is 0.219. The van der Waals surface area contributed by atoms with Crippen LogP contribution in [0.15, 0.2) is 91.5 Å². The van der Waals surface area contributed by atoms with Crippen molar-refractivity contribution in [2.75, 3.05) is 38.2 Å². The molecule has 1 aliphatic rings. The molecule has 0 spiro atoms. The van der Waals surface area contributed by atoms with E-state index in [-0.39, 0.29) is 5.91 Å². The Bertz CT molecular complexity index is 1350. The zero-order valence-electron chi connectivity index (χ0n) is 20.6. The Morgan fingerprint density at radius 1 is 0.889 bits per heavy atom. The van der Waals surface area contributed by atoms with Crippen LogP contribution in [0.4, 0.5) is 5.69 Å². The van der Waals surface area contributed by atoms with Crippen LogP contribution in [0.5, 0.6) is 0 Å². The number of nitrogens with zero attached hydrogens (tertiary/aromatic N) is 1. The Hall–Kier alpha value is -3.73. The van der Waals surface area contributed by atoms with Gasteiger partial charge in [-0.2, -0.15) is 0 Å². The van der Waals surface area contributed by atoms with Gasteiger partial charge in [-0.15, -0.1) is 0 Å². The quantitative estimate of drug-likeness (QED) is 0.309. The van der Waals surface area contributed by atoms with Gasteiger partial charge in [-0.1, -0.05) is 79.4 Å². The number of anilines is 1. The van der Waals surface area contributed by atoms with Crippen molar-refractivity contribution in [3.63, 3.8) is 0 Å². The average Bonchev–Trinajstić information content (AvgIpc) is 2.95. The third-order valence-electron chi connectivity index (χ3n) is 6.89. The summed E-state index contributed by atoms with van der Waals surface area (Å²) in [5, 5.41) is 5.44.